The Balaban J connectivity index is 0.000000356. The molecule has 42 heavy (non-hydrogen) atoms. The second-order valence-electron chi connectivity index (χ2n) is 10.2. The fourth-order valence-electron chi connectivity index (χ4n) is 5.89. The molecule has 1 aliphatic heterocycles. The number of hydrogen-bond acceptors (Lipinski definition) is 4. The molecular weight excluding hydrogens is 699 g/mol. The van der Waals surface area contributed by atoms with Crippen LogP contribution in [0.15, 0.2) is 121 Å². The van der Waals surface area contributed by atoms with Crippen LogP contribution in [0, 0.1) is 12.7 Å². The number of fused-ring (bicyclic) bond motifs is 7. The Morgan fingerprint density at radius 3 is 2.05 bits per heavy atom. The van der Waals surface area contributed by atoms with Crippen molar-refractivity contribution in [3.05, 3.63) is 134 Å². The fourth-order valence-corrected chi connectivity index (χ4v) is 5.89. The first-order chi connectivity index (χ1) is 20.0. The van der Waals surface area contributed by atoms with Gasteiger partial charge in [-0.25, -0.2) is 0 Å². The average Bonchev–Trinajstić information content (AvgIpc) is 3.64. The first-order valence-electron chi connectivity index (χ1n) is 13.6. The fraction of sp³-hybridized carbons (Fsp3) is 0.0556. The first-order valence-corrected chi connectivity index (χ1v) is 13.6. The van der Waals surface area contributed by atoms with E-state index >= 15 is 0 Å². The van der Waals surface area contributed by atoms with E-state index in [0.717, 1.165) is 17.1 Å². The number of para-hydroxylation sites is 5. The number of hydrogen-bond donors (Lipinski definition) is 1. The monoisotopic (exact) mass is 726 g/mol. The standard InChI is InChI=1S/C31H19N3.C5H8O2.Ir/c1-2-9-21(10-3-1)32-20-33(29-16-7-6-15-28(29)32)22-17-18-24-26-13-8-12-25-23-11-4-5-14-27(23)34(31(25)26)30(24)19-22;1-4(6)3-5(2)7;/h1-16,18-20H;3,6H,1-2H3;/q-2;;/b;4-3-;. The van der Waals surface area contributed by atoms with Gasteiger partial charge in [-0.05, 0) is 49.6 Å². The maximum atomic E-state index is 10.0. The van der Waals surface area contributed by atoms with Crippen molar-refractivity contribution in [3.8, 4) is 0 Å². The Kier molecular flexibility index (Phi) is 7.19. The molecular formula is C36H27IrN3O2-2. The predicted octanol–water partition coefficient (Wildman–Crippen LogP) is 9.08. The number of nitrogens with zero attached hydrogens (tertiary/aromatic N) is 3. The van der Waals surface area contributed by atoms with Gasteiger partial charge in [0.2, 0.25) is 0 Å². The second-order valence-corrected chi connectivity index (χ2v) is 10.2. The quantitative estimate of drug-likeness (QED) is 0.112. The van der Waals surface area contributed by atoms with Crippen LogP contribution in [0.1, 0.15) is 13.8 Å². The summed E-state index contributed by atoms with van der Waals surface area (Å²) in [5.41, 5.74) is 8.25. The summed E-state index contributed by atoms with van der Waals surface area (Å²) in [6.07, 6.45) is 1.17. The maximum Gasteiger partial charge on any atom is 0.155 e. The van der Waals surface area contributed by atoms with Crippen LogP contribution in [0.3, 0.4) is 0 Å². The molecule has 0 spiro atoms. The van der Waals surface area contributed by atoms with Crippen molar-refractivity contribution in [1.82, 2.24) is 4.40 Å². The molecule has 1 N–H and O–H groups in total. The molecule has 2 aromatic heterocycles. The van der Waals surface area contributed by atoms with Crippen molar-refractivity contribution in [2.45, 2.75) is 13.8 Å². The van der Waals surface area contributed by atoms with Gasteiger partial charge in [-0.1, -0.05) is 72.2 Å². The van der Waals surface area contributed by atoms with E-state index in [1.807, 2.05) is 0 Å². The summed E-state index contributed by atoms with van der Waals surface area (Å²) in [4.78, 5) is 14.5. The SMILES string of the molecule is CC(=O)/C=C(/C)O.[Ir].[c-]1cc2c3cccc4c5ccccc5n(c2cc1N1[CH-]N(c2ccccc2)c2ccccc21)c43. The van der Waals surface area contributed by atoms with Crippen LogP contribution < -0.4 is 9.80 Å². The molecule has 0 fully saturated rings. The number of anilines is 4. The molecule has 0 bridgehead atoms. The van der Waals surface area contributed by atoms with E-state index in [1.54, 1.807) is 0 Å². The normalized spacial score (nSPS) is 13.0. The number of allylic oxidation sites excluding steroid dienone is 2. The molecule has 0 amide bonds. The molecule has 0 saturated carbocycles. The summed E-state index contributed by atoms with van der Waals surface area (Å²) in [6.45, 7) is 5.02. The van der Waals surface area contributed by atoms with Gasteiger partial charge in [0.05, 0.1) is 11.3 Å². The van der Waals surface area contributed by atoms with Gasteiger partial charge in [0.1, 0.15) is 0 Å². The molecule has 6 heteroatoms. The Hall–Kier alpha value is -4.64. The number of aliphatic hydroxyl groups is 1. The number of aliphatic hydroxyl groups excluding tert-OH is 1. The summed E-state index contributed by atoms with van der Waals surface area (Å²) in [5.74, 6) is -0.0625. The van der Waals surface area contributed by atoms with E-state index in [0.29, 0.717) is 0 Å². The van der Waals surface area contributed by atoms with E-state index in [4.69, 9.17) is 5.11 Å². The topological polar surface area (TPSA) is 48.2 Å². The molecule has 1 aliphatic rings. The minimum atomic E-state index is -0.125. The molecule has 1 radical (unpaired) electrons. The molecule has 8 rings (SSSR count). The van der Waals surface area contributed by atoms with Gasteiger partial charge in [-0.15, -0.1) is 23.8 Å². The number of aromatic nitrogens is 1. The molecule has 0 aliphatic carbocycles. The van der Waals surface area contributed by atoms with Gasteiger partial charge < -0.3 is 19.3 Å². The summed E-state index contributed by atoms with van der Waals surface area (Å²) in [5, 5.41) is 13.5. The maximum absolute atomic E-state index is 10.0. The van der Waals surface area contributed by atoms with Crippen LogP contribution in [0.25, 0.3) is 38.1 Å². The van der Waals surface area contributed by atoms with E-state index in [1.165, 1.54) is 63.7 Å². The van der Waals surface area contributed by atoms with Crippen molar-refractivity contribution in [2.75, 3.05) is 9.80 Å². The number of rotatable bonds is 3. The summed E-state index contributed by atoms with van der Waals surface area (Å²) in [6, 6.07) is 42.4. The van der Waals surface area contributed by atoms with Gasteiger partial charge in [0, 0.05) is 59.5 Å². The van der Waals surface area contributed by atoms with Gasteiger partial charge in [-0.2, -0.15) is 12.1 Å². The Morgan fingerprint density at radius 2 is 1.36 bits per heavy atom. The molecule has 3 heterocycles. The molecule has 0 unspecified atom stereocenters. The summed E-state index contributed by atoms with van der Waals surface area (Å²) < 4.78 is 2.42. The van der Waals surface area contributed by atoms with Crippen molar-refractivity contribution >= 4 is 66.6 Å². The summed E-state index contributed by atoms with van der Waals surface area (Å²) in [7, 11) is 0. The van der Waals surface area contributed by atoms with Crippen LogP contribution in [0.5, 0.6) is 0 Å². The molecule has 0 saturated heterocycles. The first kappa shape index (κ1) is 27.5. The van der Waals surface area contributed by atoms with Crippen molar-refractivity contribution < 1.29 is 30.0 Å². The van der Waals surface area contributed by atoms with E-state index in [9.17, 15) is 4.79 Å². The minimum Gasteiger partial charge on any atom is -0.512 e. The van der Waals surface area contributed by atoms with E-state index in [2.05, 4.69) is 136 Å². The van der Waals surface area contributed by atoms with Gasteiger partial charge in [0.25, 0.3) is 0 Å². The minimum absolute atomic E-state index is 0. The van der Waals surface area contributed by atoms with E-state index in [-0.39, 0.29) is 31.6 Å². The molecule has 0 atom stereocenters. The van der Waals surface area contributed by atoms with Crippen LogP contribution in [-0.4, -0.2) is 15.3 Å². The largest absolute Gasteiger partial charge is 0.512 e. The number of carbonyl (C=O) groups is 1. The zero-order chi connectivity index (χ0) is 28.1. The van der Waals surface area contributed by atoms with Crippen LogP contribution in [-0.2, 0) is 24.9 Å². The van der Waals surface area contributed by atoms with Crippen molar-refractivity contribution in [1.29, 1.82) is 0 Å². The van der Waals surface area contributed by atoms with Gasteiger partial charge in [-0.3, -0.25) is 4.79 Å². The molecule has 5 aromatic carbocycles. The Labute approximate surface area is 257 Å². The van der Waals surface area contributed by atoms with E-state index < -0.39 is 0 Å². The third-order valence-corrected chi connectivity index (χ3v) is 7.48. The molecule has 5 nitrogen and oxygen atoms in total. The Bertz CT molecular complexity index is 2090. The average molecular weight is 726 g/mol. The molecule has 209 valence electrons. The smallest absolute Gasteiger partial charge is 0.155 e. The van der Waals surface area contributed by atoms with Crippen molar-refractivity contribution in [2.24, 2.45) is 0 Å². The number of benzene rings is 5. The van der Waals surface area contributed by atoms with Crippen LogP contribution >= 0.6 is 0 Å². The third kappa shape index (κ3) is 4.50. The zero-order valence-corrected chi connectivity index (χ0v) is 25.5. The number of ketones is 1. The summed E-state index contributed by atoms with van der Waals surface area (Å²) >= 11 is 0. The number of carbonyl (C=O) groups excluding carboxylic acids is 1. The Morgan fingerprint density at radius 1 is 0.738 bits per heavy atom. The van der Waals surface area contributed by atoms with Crippen molar-refractivity contribution in [3.63, 3.8) is 0 Å². The van der Waals surface area contributed by atoms with Gasteiger partial charge in [0.15, 0.2) is 5.78 Å². The third-order valence-electron chi connectivity index (χ3n) is 7.48. The van der Waals surface area contributed by atoms with Gasteiger partial charge >= 0.3 is 0 Å². The van der Waals surface area contributed by atoms with Crippen LogP contribution in [0.2, 0.25) is 0 Å². The zero-order valence-electron chi connectivity index (χ0n) is 23.1. The second kappa shape index (κ2) is 11.0. The molecule has 7 aromatic rings. The predicted molar refractivity (Wildman–Crippen MR) is 168 cm³/mol. The van der Waals surface area contributed by atoms with Crippen LogP contribution in [0.4, 0.5) is 22.7 Å².